The molecule has 0 fully saturated rings. The zero-order valence-electron chi connectivity index (χ0n) is 14.9. The minimum Gasteiger partial charge on any atom is -0.484 e. The maximum Gasteiger partial charge on any atom is 0.338 e. The third-order valence-electron chi connectivity index (χ3n) is 3.61. The van der Waals surface area contributed by atoms with Gasteiger partial charge in [-0.1, -0.05) is 6.07 Å². The zero-order valence-corrected chi connectivity index (χ0v) is 14.9. The Labute approximate surface area is 159 Å². The average molecular weight is 392 g/mol. The predicted octanol–water partition coefficient (Wildman–Crippen LogP) is 1.86. The number of nitrogens with one attached hydrogen (secondary N) is 1. The van der Waals surface area contributed by atoms with Crippen LogP contribution in [-0.4, -0.2) is 31.0 Å². The second-order valence-corrected chi connectivity index (χ2v) is 5.81. The van der Waals surface area contributed by atoms with Crippen molar-refractivity contribution in [3.8, 4) is 5.75 Å². The van der Waals surface area contributed by atoms with Gasteiger partial charge in [0, 0.05) is 11.6 Å². The molecular formula is C19H18F2N2O5. The number of ether oxygens (including phenoxy) is 2. The molecule has 2 aromatic carbocycles. The fourth-order valence-electron chi connectivity index (χ4n) is 2.27. The first-order valence-electron chi connectivity index (χ1n) is 8.19. The molecule has 9 heteroatoms. The van der Waals surface area contributed by atoms with E-state index in [0.717, 1.165) is 12.1 Å². The van der Waals surface area contributed by atoms with E-state index in [1.807, 2.05) is 0 Å². The monoisotopic (exact) mass is 392 g/mol. The molecule has 2 aromatic rings. The van der Waals surface area contributed by atoms with Gasteiger partial charge in [0.2, 0.25) is 0 Å². The summed E-state index contributed by atoms with van der Waals surface area (Å²) < 4.78 is 36.6. The molecule has 0 aliphatic rings. The fourth-order valence-corrected chi connectivity index (χ4v) is 2.27. The number of rotatable bonds is 8. The summed E-state index contributed by atoms with van der Waals surface area (Å²) in [4.78, 5) is 34.5. The Morgan fingerprint density at radius 1 is 1.07 bits per heavy atom. The zero-order chi connectivity index (χ0) is 20.7. The van der Waals surface area contributed by atoms with Gasteiger partial charge in [0.05, 0.1) is 11.6 Å². The Kier molecular flexibility index (Phi) is 7.02. The first kappa shape index (κ1) is 20.8. The van der Waals surface area contributed by atoms with E-state index in [0.29, 0.717) is 5.75 Å². The van der Waals surface area contributed by atoms with Crippen LogP contribution >= 0.6 is 0 Å². The highest BCUT2D eigenvalue weighted by Crippen LogP contribution is 2.17. The van der Waals surface area contributed by atoms with Crippen molar-refractivity contribution < 1.29 is 32.6 Å². The highest BCUT2D eigenvalue weighted by molar-refractivity contribution is 5.91. The number of hydrogen-bond acceptors (Lipinski definition) is 5. The molecule has 0 unspecified atom stereocenters. The van der Waals surface area contributed by atoms with Crippen molar-refractivity contribution in [3.63, 3.8) is 0 Å². The van der Waals surface area contributed by atoms with Crippen molar-refractivity contribution >= 4 is 17.8 Å². The number of carbonyl (C=O) groups excluding carboxylic acids is 3. The summed E-state index contributed by atoms with van der Waals surface area (Å²) in [6, 6.07) is 7.96. The van der Waals surface area contributed by atoms with E-state index < -0.39 is 42.1 Å². The van der Waals surface area contributed by atoms with Crippen molar-refractivity contribution in [1.29, 1.82) is 0 Å². The molecule has 0 saturated carbocycles. The standard InChI is InChI=1S/C19H18F2N2O5/c1-11(15-7-4-13(20)8-16(15)21)23-18(25)10-28-19(26)12-2-5-14(6-3-12)27-9-17(22)24/h2-8,11H,9-10H2,1H3,(H2,22,24)(H,23,25)/t11-/m0/s1. The number of primary amides is 1. The summed E-state index contributed by atoms with van der Waals surface area (Å²) in [5.74, 6) is -3.21. The van der Waals surface area contributed by atoms with E-state index in [-0.39, 0.29) is 17.7 Å². The normalized spacial score (nSPS) is 11.4. The molecule has 0 aliphatic carbocycles. The Morgan fingerprint density at radius 3 is 2.36 bits per heavy atom. The van der Waals surface area contributed by atoms with E-state index >= 15 is 0 Å². The van der Waals surface area contributed by atoms with Gasteiger partial charge < -0.3 is 20.5 Å². The van der Waals surface area contributed by atoms with Crippen LogP contribution in [0.4, 0.5) is 8.78 Å². The van der Waals surface area contributed by atoms with Gasteiger partial charge in [-0.05, 0) is 37.3 Å². The number of halogens is 2. The van der Waals surface area contributed by atoms with Crippen molar-refractivity contribution in [2.24, 2.45) is 5.73 Å². The third-order valence-corrected chi connectivity index (χ3v) is 3.61. The maximum absolute atomic E-state index is 13.7. The molecular weight excluding hydrogens is 374 g/mol. The Bertz CT molecular complexity index is 871. The third kappa shape index (κ3) is 6.04. The van der Waals surface area contributed by atoms with Crippen LogP contribution in [0, 0.1) is 11.6 Å². The number of benzene rings is 2. The molecule has 0 saturated heterocycles. The van der Waals surface area contributed by atoms with Crippen molar-refractivity contribution in [1.82, 2.24) is 5.32 Å². The molecule has 28 heavy (non-hydrogen) atoms. The van der Waals surface area contributed by atoms with Crippen LogP contribution in [0.1, 0.15) is 28.9 Å². The number of esters is 1. The minimum absolute atomic E-state index is 0.104. The van der Waals surface area contributed by atoms with Crippen LogP contribution in [0.25, 0.3) is 0 Å². The molecule has 0 spiro atoms. The van der Waals surface area contributed by atoms with E-state index in [9.17, 15) is 23.2 Å². The molecule has 0 aliphatic heterocycles. The van der Waals surface area contributed by atoms with Crippen LogP contribution in [-0.2, 0) is 14.3 Å². The lowest BCUT2D eigenvalue weighted by Gasteiger charge is -2.15. The van der Waals surface area contributed by atoms with Gasteiger partial charge in [-0.25, -0.2) is 13.6 Å². The highest BCUT2D eigenvalue weighted by Gasteiger charge is 2.16. The number of carbonyl (C=O) groups is 3. The van der Waals surface area contributed by atoms with Gasteiger partial charge in [-0.15, -0.1) is 0 Å². The molecule has 3 N–H and O–H groups in total. The molecule has 0 bridgehead atoms. The number of hydrogen-bond donors (Lipinski definition) is 2. The summed E-state index contributed by atoms with van der Waals surface area (Å²) >= 11 is 0. The van der Waals surface area contributed by atoms with E-state index in [4.69, 9.17) is 15.2 Å². The van der Waals surface area contributed by atoms with Gasteiger partial charge in [-0.3, -0.25) is 9.59 Å². The molecule has 0 heterocycles. The summed E-state index contributed by atoms with van der Waals surface area (Å²) in [6.07, 6.45) is 0. The highest BCUT2D eigenvalue weighted by atomic mass is 19.1. The molecule has 148 valence electrons. The first-order valence-corrected chi connectivity index (χ1v) is 8.19. The lowest BCUT2D eigenvalue weighted by atomic mass is 10.1. The summed E-state index contributed by atoms with van der Waals surface area (Å²) in [5, 5.41) is 2.46. The lowest BCUT2D eigenvalue weighted by molar-refractivity contribution is -0.125. The van der Waals surface area contributed by atoms with Crippen molar-refractivity contribution in [2.45, 2.75) is 13.0 Å². The van der Waals surface area contributed by atoms with Crippen molar-refractivity contribution in [2.75, 3.05) is 13.2 Å². The molecule has 1 atom stereocenters. The summed E-state index contributed by atoms with van der Waals surface area (Å²) in [6.45, 7) is 0.642. The summed E-state index contributed by atoms with van der Waals surface area (Å²) in [5.41, 5.74) is 5.23. The molecule has 2 amide bonds. The molecule has 0 radical (unpaired) electrons. The lowest BCUT2D eigenvalue weighted by Crippen LogP contribution is -2.31. The Morgan fingerprint density at radius 2 is 1.75 bits per heavy atom. The minimum atomic E-state index is -0.788. The summed E-state index contributed by atoms with van der Waals surface area (Å²) in [7, 11) is 0. The molecule has 0 aromatic heterocycles. The van der Waals surface area contributed by atoms with E-state index in [1.54, 1.807) is 0 Å². The SMILES string of the molecule is C[C@H](NC(=O)COC(=O)c1ccc(OCC(N)=O)cc1)c1ccc(F)cc1F. The van der Waals surface area contributed by atoms with Gasteiger partial charge in [-0.2, -0.15) is 0 Å². The quantitative estimate of drug-likeness (QED) is 0.667. The number of nitrogens with two attached hydrogens (primary N) is 1. The second kappa shape index (κ2) is 9.45. The molecule has 7 nitrogen and oxygen atoms in total. The van der Waals surface area contributed by atoms with Crippen LogP contribution in [0.2, 0.25) is 0 Å². The van der Waals surface area contributed by atoms with Crippen molar-refractivity contribution in [3.05, 3.63) is 65.2 Å². The fraction of sp³-hybridized carbons (Fsp3) is 0.211. The van der Waals surface area contributed by atoms with E-state index in [2.05, 4.69) is 5.32 Å². The smallest absolute Gasteiger partial charge is 0.338 e. The largest absolute Gasteiger partial charge is 0.484 e. The van der Waals surface area contributed by atoms with Gasteiger partial charge in [0.15, 0.2) is 13.2 Å². The van der Waals surface area contributed by atoms with Gasteiger partial charge in [0.1, 0.15) is 17.4 Å². The second-order valence-electron chi connectivity index (χ2n) is 5.81. The predicted molar refractivity (Wildman–Crippen MR) is 94.3 cm³/mol. The van der Waals surface area contributed by atoms with E-state index in [1.165, 1.54) is 37.3 Å². The first-order chi connectivity index (χ1) is 13.3. The van der Waals surface area contributed by atoms with Crippen LogP contribution in [0.5, 0.6) is 5.75 Å². The average Bonchev–Trinajstić information content (AvgIpc) is 2.64. The van der Waals surface area contributed by atoms with Crippen LogP contribution in [0.15, 0.2) is 42.5 Å². The Balaban J connectivity index is 1.84. The topological polar surface area (TPSA) is 108 Å². The number of amides is 2. The maximum atomic E-state index is 13.7. The molecule has 2 rings (SSSR count). The Hall–Kier alpha value is -3.49. The van der Waals surface area contributed by atoms with Gasteiger partial charge in [0.25, 0.3) is 11.8 Å². The van der Waals surface area contributed by atoms with Crippen LogP contribution < -0.4 is 15.8 Å². The van der Waals surface area contributed by atoms with Gasteiger partial charge >= 0.3 is 5.97 Å². The van der Waals surface area contributed by atoms with Crippen LogP contribution in [0.3, 0.4) is 0 Å².